The molecule has 0 bridgehead atoms. The van der Waals surface area contributed by atoms with Gasteiger partial charge in [-0.3, -0.25) is 4.79 Å². The molecule has 6 heteroatoms. The summed E-state index contributed by atoms with van der Waals surface area (Å²) < 4.78 is 21.5. The van der Waals surface area contributed by atoms with E-state index in [0.29, 0.717) is 22.9 Å². The highest BCUT2D eigenvalue weighted by atomic mass is 19.1. The first-order valence-electron chi connectivity index (χ1n) is 8.24. The molecule has 2 aromatic carbocycles. The minimum Gasteiger partial charge on any atom is -0.484 e. The van der Waals surface area contributed by atoms with E-state index in [1.807, 2.05) is 32.0 Å². The molecule has 0 spiro atoms. The van der Waals surface area contributed by atoms with Crippen LogP contribution in [0.25, 0.3) is 5.69 Å². The number of amides is 1. The molecule has 1 amide bonds. The summed E-state index contributed by atoms with van der Waals surface area (Å²) in [5.41, 5.74) is 3.00. The quantitative estimate of drug-likeness (QED) is 0.755. The van der Waals surface area contributed by atoms with Crippen LogP contribution in [0.1, 0.15) is 17.0 Å². The van der Waals surface area contributed by atoms with Crippen LogP contribution in [0.3, 0.4) is 0 Å². The van der Waals surface area contributed by atoms with Gasteiger partial charge in [-0.1, -0.05) is 6.07 Å². The number of halogens is 1. The van der Waals surface area contributed by atoms with Gasteiger partial charge in [-0.2, -0.15) is 0 Å². The Balaban J connectivity index is 1.63. The standard InChI is InChI=1S/C20H20FN3O2/c1-13-4-6-17(10-14(13)2)26-12-20(25)23-16-5-7-19(18(21)11-16)24-9-8-22-15(24)3/h4-11H,12H2,1-3H3,(H,23,25). The molecule has 5 nitrogen and oxygen atoms in total. The molecule has 0 radical (unpaired) electrons. The van der Waals surface area contributed by atoms with Gasteiger partial charge >= 0.3 is 0 Å². The number of ether oxygens (including phenoxy) is 1. The molecule has 0 saturated heterocycles. The molecule has 26 heavy (non-hydrogen) atoms. The zero-order chi connectivity index (χ0) is 18.7. The largest absolute Gasteiger partial charge is 0.484 e. The Kier molecular flexibility index (Phi) is 5.02. The van der Waals surface area contributed by atoms with Crippen molar-refractivity contribution in [3.8, 4) is 11.4 Å². The SMILES string of the molecule is Cc1ccc(OCC(=O)Nc2ccc(-n3ccnc3C)c(F)c2)cc1C. The summed E-state index contributed by atoms with van der Waals surface area (Å²) in [7, 11) is 0. The summed E-state index contributed by atoms with van der Waals surface area (Å²) >= 11 is 0. The van der Waals surface area contributed by atoms with Gasteiger partial charge in [0.15, 0.2) is 6.61 Å². The number of carbonyl (C=O) groups is 1. The highest BCUT2D eigenvalue weighted by molar-refractivity contribution is 5.92. The molecule has 0 aliphatic carbocycles. The van der Waals surface area contributed by atoms with E-state index in [2.05, 4.69) is 10.3 Å². The molecule has 1 aromatic heterocycles. The lowest BCUT2D eigenvalue weighted by Gasteiger charge is -2.11. The van der Waals surface area contributed by atoms with E-state index < -0.39 is 5.82 Å². The number of nitrogens with zero attached hydrogens (tertiary/aromatic N) is 2. The number of rotatable bonds is 5. The zero-order valence-electron chi connectivity index (χ0n) is 14.9. The van der Waals surface area contributed by atoms with Gasteiger partial charge in [0.05, 0.1) is 5.69 Å². The fourth-order valence-electron chi connectivity index (χ4n) is 2.56. The van der Waals surface area contributed by atoms with Crippen LogP contribution in [-0.2, 0) is 4.79 Å². The van der Waals surface area contributed by atoms with Crippen LogP contribution in [0.5, 0.6) is 5.75 Å². The Labute approximate surface area is 151 Å². The predicted molar refractivity (Wildman–Crippen MR) is 98.3 cm³/mol. The van der Waals surface area contributed by atoms with Gasteiger partial charge in [0, 0.05) is 18.1 Å². The fraction of sp³-hybridized carbons (Fsp3) is 0.200. The number of imidazole rings is 1. The van der Waals surface area contributed by atoms with Crippen molar-refractivity contribution in [3.63, 3.8) is 0 Å². The maximum absolute atomic E-state index is 14.3. The predicted octanol–water partition coefficient (Wildman–Crippen LogP) is 3.95. The molecular formula is C20H20FN3O2. The summed E-state index contributed by atoms with van der Waals surface area (Å²) in [4.78, 5) is 16.1. The lowest BCUT2D eigenvalue weighted by Crippen LogP contribution is -2.20. The van der Waals surface area contributed by atoms with Crippen LogP contribution in [0.4, 0.5) is 10.1 Å². The lowest BCUT2D eigenvalue weighted by atomic mass is 10.1. The van der Waals surface area contributed by atoms with Gasteiger partial charge in [-0.05, 0) is 62.2 Å². The van der Waals surface area contributed by atoms with Gasteiger partial charge in [0.1, 0.15) is 17.4 Å². The van der Waals surface area contributed by atoms with E-state index in [9.17, 15) is 9.18 Å². The third kappa shape index (κ3) is 3.91. The summed E-state index contributed by atoms with van der Waals surface area (Å²) in [6, 6.07) is 10.2. The second-order valence-electron chi connectivity index (χ2n) is 6.09. The minimum absolute atomic E-state index is 0.146. The van der Waals surface area contributed by atoms with E-state index in [1.165, 1.54) is 6.07 Å². The Morgan fingerprint density at radius 3 is 2.62 bits per heavy atom. The van der Waals surface area contributed by atoms with Gasteiger partial charge in [0.2, 0.25) is 0 Å². The number of carbonyl (C=O) groups excluding carboxylic acids is 1. The van der Waals surface area contributed by atoms with Crippen LogP contribution in [0.2, 0.25) is 0 Å². The maximum atomic E-state index is 14.3. The summed E-state index contributed by atoms with van der Waals surface area (Å²) in [5.74, 6) is 0.510. The minimum atomic E-state index is -0.445. The Bertz CT molecular complexity index is 950. The maximum Gasteiger partial charge on any atom is 0.262 e. The molecule has 3 rings (SSSR count). The van der Waals surface area contributed by atoms with E-state index in [0.717, 1.165) is 11.1 Å². The van der Waals surface area contributed by atoms with Crippen LogP contribution in [0, 0.1) is 26.6 Å². The number of nitrogens with one attached hydrogen (secondary N) is 1. The average Bonchev–Trinajstić information content (AvgIpc) is 3.02. The third-order valence-corrected chi connectivity index (χ3v) is 4.17. The van der Waals surface area contributed by atoms with Gasteiger partial charge in [-0.25, -0.2) is 9.37 Å². The first-order valence-corrected chi connectivity index (χ1v) is 8.24. The van der Waals surface area contributed by atoms with Crippen molar-refractivity contribution in [1.29, 1.82) is 0 Å². The van der Waals surface area contributed by atoms with Crippen LogP contribution >= 0.6 is 0 Å². The number of aromatic nitrogens is 2. The number of benzene rings is 2. The molecule has 134 valence electrons. The Hall–Kier alpha value is -3.15. The van der Waals surface area contributed by atoms with Crippen molar-refractivity contribution < 1.29 is 13.9 Å². The summed E-state index contributed by atoms with van der Waals surface area (Å²) in [6.45, 7) is 5.63. The van der Waals surface area contributed by atoms with Crippen molar-refractivity contribution >= 4 is 11.6 Å². The van der Waals surface area contributed by atoms with Crippen molar-refractivity contribution in [3.05, 3.63) is 71.6 Å². The topological polar surface area (TPSA) is 56.1 Å². The molecule has 1 N–H and O–H groups in total. The van der Waals surface area contributed by atoms with Crippen molar-refractivity contribution in [2.24, 2.45) is 0 Å². The molecule has 3 aromatic rings. The molecular weight excluding hydrogens is 333 g/mol. The monoisotopic (exact) mass is 353 g/mol. The molecule has 0 fully saturated rings. The van der Waals surface area contributed by atoms with Crippen molar-refractivity contribution in [1.82, 2.24) is 9.55 Å². The van der Waals surface area contributed by atoms with Gasteiger partial charge in [-0.15, -0.1) is 0 Å². The summed E-state index contributed by atoms with van der Waals surface area (Å²) in [6.07, 6.45) is 3.29. The highest BCUT2D eigenvalue weighted by Gasteiger charge is 2.10. The molecule has 0 unspecified atom stereocenters. The number of aryl methyl sites for hydroxylation is 3. The second-order valence-corrected chi connectivity index (χ2v) is 6.09. The van der Waals surface area contributed by atoms with Crippen LogP contribution in [0.15, 0.2) is 48.8 Å². The molecule has 0 atom stereocenters. The first kappa shape index (κ1) is 17.7. The fourth-order valence-corrected chi connectivity index (χ4v) is 2.56. The number of hydrogen-bond acceptors (Lipinski definition) is 3. The molecule has 0 aliphatic rings. The lowest BCUT2D eigenvalue weighted by molar-refractivity contribution is -0.118. The van der Waals surface area contributed by atoms with E-state index in [-0.39, 0.29) is 12.5 Å². The number of hydrogen-bond donors (Lipinski definition) is 1. The van der Waals surface area contributed by atoms with Gasteiger partial charge in [0.25, 0.3) is 5.91 Å². The second kappa shape index (κ2) is 7.39. The molecule has 1 heterocycles. The normalized spacial score (nSPS) is 10.6. The van der Waals surface area contributed by atoms with Crippen LogP contribution < -0.4 is 10.1 Å². The van der Waals surface area contributed by atoms with E-state index in [4.69, 9.17) is 4.74 Å². The first-order chi connectivity index (χ1) is 12.4. The number of anilines is 1. The Morgan fingerprint density at radius 2 is 1.96 bits per heavy atom. The van der Waals surface area contributed by atoms with Crippen LogP contribution in [-0.4, -0.2) is 22.1 Å². The van der Waals surface area contributed by atoms with E-state index in [1.54, 1.807) is 36.0 Å². The van der Waals surface area contributed by atoms with Crippen molar-refractivity contribution in [2.75, 3.05) is 11.9 Å². The summed E-state index contributed by atoms with van der Waals surface area (Å²) in [5, 5.41) is 2.64. The zero-order valence-corrected chi connectivity index (χ0v) is 14.9. The van der Waals surface area contributed by atoms with Crippen molar-refractivity contribution in [2.45, 2.75) is 20.8 Å². The highest BCUT2D eigenvalue weighted by Crippen LogP contribution is 2.20. The van der Waals surface area contributed by atoms with Gasteiger partial charge < -0.3 is 14.6 Å². The van der Waals surface area contributed by atoms with E-state index >= 15 is 0 Å². The Morgan fingerprint density at radius 1 is 1.15 bits per heavy atom. The third-order valence-electron chi connectivity index (χ3n) is 4.17. The molecule has 0 saturated carbocycles. The average molecular weight is 353 g/mol. The smallest absolute Gasteiger partial charge is 0.262 e. The molecule has 0 aliphatic heterocycles.